The fourth-order valence-electron chi connectivity index (χ4n) is 0.158. The Balaban J connectivity index is 3.31. The Bertz CT molecular complexity index is 97.1. The molecule has 2 heteroatoms. The SMILES string of the molecule is CN(C)[C+]=CC#N. The summed E-state index contributed by atoms with van der Waals surface area (Å²) in [5.41, 5.74) is 0. The van der Waals surface area contributed by atoms with Crippen molar-refractivity contribution in [3.05, 3.63) is 12.3 Å². The predicted molar refractivity (Wildman–Crippen MR) is 27.1 cm³/mol. The van der Waals surface area contributed by atoms with Crippen molar-refractivity contribution in [3.63, 3.8) is 0 Å². The van der Waals surface area contributed by atoms with Crippen molar-refractivity contribution in [1.82, 2.24) is 4.90 Å². The van der Waals surface area contributed by atoms with Crippen LogP contribution in [0.2, 0.25) is 0 Å². The van der Waals surface area contributed by atoms with Gasteiger partial charge >= 0.3 is 6.07 Å². The summed E-state index contributed by atoms with van der Waals surface area (Å²) in [4.78, 5) is 1.68. The molecule has 0 rings (SSSR count). The van der Waals surface area contributed by atoms with E-state index in [4.69, 9.17) is 5.26 Å². The van der Waals surface area contributed by atoms with E-state index in [1.807, 2.05) is 20.2 Å². The molecule has 7 heavy (non-hydrogen) atoms. The third-order valence-electron chi connectivity index (χ3n) is 0.387. The smallest absolute Gasteiger partial charge is 0.259 e. The van der Waals surface area contributed by atoms with Gasteiger partial charge in [0.05, 0.1) is 0 Å². The van der Waals surface area contributed by atoms with E-state index >= 15 is 0 Å². The van der Waals surface area contributed by atoms with Crippen molar-refractivity contribution in [2.24, 2.45) is 0 Å². The summed E-state index contributed by atoms with van der Waals surface area (Å²) in [6, 6.07) is 1.82. The van der Waals surface area contributed by atoms with Gasteiger partial charge in [-0.25, -0.2) is 0 Å². The minimum atomic E-state index is 1.31. The minimum Gasteiger partial charge on any atom is -0.259 e. The van der Waals surface area contributed by atoms with Crippen molar-refractivity contribution in [2.75, 3.05) is 14.1 Å². The van der Waals surface area contributed by atoms with Crippen LogP contribution >= 0.6 is 0 Å². The molecule has 0 fully saturated rings. The summed E-state index contributed by atoms with van der Waals surface area (Å²) >= 11 is 0. The fourth-order valence-corrected chi connectivity index (χ4v) is 0.158. The van der Waals surface area contributed by atoms with Crippen molar-refractivity contribution >= 4 is 0 Å². The molecule has 2 nitrogen and oxygen atoms in total. The Labute approximate surface area is 43.7 Å². The largest absolute Gasteiger partial charge is 0.332 e. The van der Waals surface area contributed by atoms with E-state index in [1.54, 1.807) is 4.90 Å². The molecule has 0 amide bonds. The molecule has 0 radical (unpaired) electrons. The Morgan fingerprint density at radius 3 is 2.43 bits per heavy atom. The maximum absolute atomic E-state index is 7.92. The molecule has 36 valence electrons. The second-order valence-electron chi connectivity index (χ2n) is 1.30. The molecule has 0 N–H and O–H groups in total. The summed E-state index contributed by atoms with van der Waals surface area (Å²) in [5.74, 6) is 0. The molecule has 0 spiro atoms. The van der Waals surface area contributed by atoms with Crippen LogP contribution in [0.15, 0.2) is 6.08 Å². The van der Waals surface area contributed by atoms with Crippen molar-refractivity contribution in [1.29, 1.82) is 5.26 Å². The van der Waals surface area contributed by atoms with Crippen LogP contribution in [0, 0.1) is 17.5 Å². The highest BCUT2D eigenvalue weighted by Gasteiger charge is 1.84. The highest BCUT2D eigenvalue weighted by molar-refractivity contribution is 4.95. The second-order valence-corrected chi connectivity index (χ2v) is 1.30. The van der Waals surface area contributed by atoms with Crippen LogP contribution in [0.5, 0.6) is 0 Å². The zero-order valence-corrected chi connectivity index (χ0v) is 4.47. The number of allylic oxidation sites excluding steroid dienone is 1. The Hall–Kier alpha value is -1.06. The van der Waals surface area contributed by atoms with Crippen LogP contribution in [0.4, 0.5) is 0 Å². The maximum Gasteiger partial charge on any atom is 0.332 e. The molecule has 0 aliphatic carbocycles. The maximum atomic E-state index is 7.92. The summed E-state index contributed by atoms with van der Waals surface area (Å²) < 4.78 is 0. The minimum absolute atomic E-state index is 1.31. The third-order valence-corrected chi connectivity index (χ3v) is 0.387. The molecule has 0 heterocycles. The summed E-state index contributed by atoms with van der Waals surface area (Å²) in [6.07, 6.45) is 3.95. The van der Waals surface area contributed by atoms with E-state index in [1.165, 1.54) is 6.08 Å². The lowest BCUT2D eigenvalue weighted by Crippen LogP contribution is -2.00. The number of hydrogen-bond donors (Lipinski definition) is 0. The molecule has 0 aromatic heterocycles. The first kappa shape index (κ1) is 5.94. The van der Waals surface area contributed by atoms with Gasteiger partial charge in [0.1, 0.15) is 0 Å². The first-order valence-corrected chi connectivity index (χ1v) is 1.92. The van der Waals surface area contributed by atoms with Gasteiger partial charge in [0.2, 0.25) is 6.20 Å². The third kappa shape index (κ3) is 4.94. The van der Waals surface area contributed by atoms with Crippen molar-refractivity contribution in [2.45, 2.75) is 0 Å². The van der Waals surface area contributed by atoms with E-state index < -0.39 is 0 Å². The number of rotatable bonds is 1. The summed E-state index contributed by atoms with van der Waals surface area (Å²) in [6.45, 7) is 0. The molecule has 0 aromatic carbocycles. The molecule has 0 aliphatic rings. The molecule has 0 bridgehead atoms. The number of hydrogen-bond acceptors (Lipinski definition) is 2. The highest BCUT2D eigenvalue weighted by atomic mass is 15.0. The zero-order chi connectivity index (χ0) is 5.70. The van der Waals surface area contributed by atoms with Gasteiger partial charge in [-0.3, -0.25) is 4.90 Å². The average Bonchev–Trinajstić information content (AvgIpc) is 1.61. The van der Waals surface area contributed by atoms with Crippen LogP contribution < -0.4 is 0 Å². The van der Waals surface area contributed by atoms with Gasteiger partial charge in [0, 0.05) is 14.1 Å². The molecular formula is C5H7N2+. The predicted octanol–water partition coefficient (Wildman–Crippen LogP) is 0.388. The Morgan fingerprint density at radius 2 is 2.29 bits per heavy atom. The number of nitriles is 1. The van der Waals surface area contributed by atoms with E-state index in [0.717, 1.165) is 0 Å². The topological polar surface area (TPSA) is 27.0 Å². The molecule has 0 aliphatic heterocycles. The Kier molecular flexibility index (Phi) is 2.67. The second kappa shape index (κ2) is 3.14. The standard InChI is InChI=1S/C5H7N2/c1-7(2)5-3-4-6/h3H,1-2H3/q+1. The van der Waals surface area contributed by atoms with Gasteiger partial charge < -0.3 is 0 Å². The van der Waals surface area contributed by atoms with Gasteiger partial charge in [-0.1, -0.05) is 5.26 Å². The first-order chi connectivity index (χ1) is 3.27. The van der Waals surface area contributed by atoms with Gasteiger partial charge in [-0.05, 0) is 0 Å². The van der Waals surface area contributed by atoms with E-state index in [-0.39, 0.29) is 0 Å². The summed E-state index contributed by atoms with van der Waals surface area (Å²) in [7, 11) is 3.63. The van der Waals surface area contributed by atoms with Crippen LogP contribution in [0.1, 0.15) is 0 Å². The Morgan fingerprint density at radius 1 is 1.71 bits per heavy atom. The molecule has 0 unspecified atom stereocenters. The molecular weight excluding hydrogens is 88.1 g/mol. The van der Waals surface area contributed by atoms with E-state index in [0.29, 0.717) is 0 Å². The lowest BCUT2D eigenvalue weighted by molar-refractivity contribution is 0.539. The van der Waals surface area contributed by atoms with Crippen LogP contribution in [0.25, 0.3) is 0 Å². The van der Waals surface area contributed by atoms with Gasteiger partial charge in [0.15, 0.2) is 0 Å². The zero-order valence-electron chi connectivity index (χ0n) is 4.47. The lowest BCUT2D eigenvalue weighted by Gasteiger charge is -1.87. The van der Waals surface area contributed by atoms with Crippen molar-refractivity contribution in [3.8, 4) is 6.07 Å². The van der Waals surface area contributed by atoms with Gasteiger partial charge in [0.25, 0.3) is 6.08 Å². The normalized spacial score (nSPS) is 7.57. The molecule has 0 atom stereocenters. The van der Waals surface area contributed by atoms with E-state index in [9.17, 15) is 0 Å². The first-order valence-electron chi connectivity index (χ1n) is 1.92. The molecule has 0 aromatic rings. The quantitative estimate of drug-likeness (QED) is 0.267. The highest BCUT2D eigenvalue weighted by Crippen LogP contribution is 1.70. The fraction of sp³-hybridized carbons (Fsp3) is 0.400. The van der Waals surface area contributed by atoms with Gasteiger partial charge in [-0.15, -0.1) is 0 Å². The summed E-state index contributed by atoms with van der Waals surface area (Å²) in [5, 5.41) is 7.92. The van der Waals surface area contributed by atoms with Crippen molar-refractivity contribution < 1.29 is 0 Å². The molecule has 0 saturated carbocycles. The van der Waals surface area contributed by atoms with Gasteiger partial charge in [-0.2, -0.15) is 0 Å². The molecule has 0 saturated heterocycles. The van der Waals surface area contributed by atoms with Crippen LogP contribution in [-0.2, 0) is 0 Å². The number of nitrogens with zero attached hydrogens (tertiary/aromatic N) is 2. The van der Waals surface area contributed by atoms with E-state index in [2.05, 4.69) is 6.20 Å². The monoisotopic (exact) mass is 95.1 g/mol. The van der Waals surface area contributed by atoms with Crippen LogP contribution in [-0.4, -0.2) is 19.0 Å². The average molecular weight is 95.1 g/mol. The lowest BCUT2D eigenvalue weighted by atomic mass is 10.6. The van der Waals surface area contributed by atoms with Crippen LogP contribution in [0.3, 0.4) is 0 Å².